The molecule has 17 heavy (non-hydrogen) atoms. The van der Waals surface area contributed by atoms with Gasteiger partial charge in [0.05, 0.1) is 0 Å². The van der Waals surface area contributed by atoms with E-state index in [1.165, 1.54) is 0 Å². The van der Waals surface area contributed by atoms with Crippen LogP contribution < -0.4 is 5.32 Å². The van der Waals surface area contributed by atoms with E-state index in [0.717, 1.165) is 15.6 Å². The maximum atomic E-state index is 11.3. The number of thiophene rings is 1. The van der Waals surface area contributed by atoms with E-state index >= 15 is 0 Å². The molecule has 0 amide bonds. The summed E-state index contributed by atoms with van der Waals surface area (Å²) in [6.07, 6.45) is 0. The Bertz CT molecular complexity index is 533. The molecule has 0 radical (unpaired) electrons. The minimum Gasteiger partial charge on any atom is -0.480 e. The normalized spacial score (nSPS) is 13.1. The van der Waals surface area contributed by atoms with Crippen molar-refractivity contribution in [1.82, 2.24) is 5.32 Å². The zero-order chi connectivity index (χ0) is 12.4. The Kier molecular flexibility index (Phi) is 3.45. The molecular weight excluding hydrogens is 234 g/mol. The second kappa shape index (κ2) is 4.85. The summed E-state index contributed by atoms with van der Waals surface area (Å²) < 4.78 is 1.12. The number of hydrogen-bond donors (Lipinski definition) is 2. The second-order valence-electron chi connectivity index (χ2n) is 4.28. The lowest BCUT2D eigenvalue weighted by Crippen LogP contribution is -2.33. The molecule has 0 saturated carbocycles. The highest BCUT2D eigenvalue weighted by molar-refractivity contribution is 7.17. The Balaban J connectivity index is 2.45. The van der Waals surface area contributed by atoms with Crippen LogP contribution in [0.3, 0.4) is 0 Å². The van der Waals surface area contributed by atoms with Crippen LogP contribution >= 0.6 is 11.3 Å². The van der Waals surface area contributed by atoms with E-state index in [1.807, 2.05) is 43.5 Å². The standard InChI is InChI=1S/C13H15NO2S/c1-8(2)14-12(13(15)16)10-7-17-11-6-4-3-5-9(10)11/h3-8,12,14H,1-2H3,(H,15,16). The van der Waals surface area contributed by atoms with Gasteiger partial charge in [-0.05, 0) is 36.2 Å². The Labute approximate surface area is 104 Å². The zero-order valence-electron chi connectivity index (χ0n) is 9.81. The van der Waals surface area contributed by atoms with E-state index in [9.17, 15) is 9.90 Å². The van der Waals surface area contributed by atoms with Crippen LogP contribution in [0.1, 0.15) is 25.5 Å². The quantitative estimate of drug-likeness (QED) is 0.875. The fraction of sp³-hybridized carbons (Fsp3) is 0.308. The van der Waals surface area contributed by atoms with Crippen molar-refractivity contribution >= 4 is 27.4 Å². The molecule has 0 aliphatic rings. The molecule has 0 saturated heterocycles. The van der Waals surface area contributed by atoms with Gasteiger partial charge in [-0.15, -0.1) is 11.3 Å². The Morgan fingerprint density at radius 1 is 1.35 bits per heavy atom. The molecule has 0 aliphatic heterocycles. The van der Waals surface area contributed by atoms with Crippen molar-refractivity contribution in [2.24, 2.45) is 0 Å². The second-order valence-corrected chi connectivity index (χ2v) is 5.19. The van der Waals surface area contributed by atoms with Crippen LogP contribution in [0.15, 0.2) is 29.6 Å². The van der Waals surface area contributed by atoms with Crippen molar-refractivity contribution in [3.05, 3.63) is 35.2 Å². The van der Waals surface area contributed by atoms with Crippen LogP contribution in [0.5, 0.6) is 0 Å². The molecule has 0 bridgehead atoms. The third-order valence-electron chi connectivity index (χ3n) is 2.57. The smallest absolute Gasteiger partial charge is 0.325 e. The monoisotopic (exact) mass is 249 g/mol. The number of nitrogens with one attached hydrogen (secondary N) is 1. The molecule has 90 valence electrons. The molecule has 2 N–H and O–H groups in total. The maximum Gasteiger partial charge on any atom is 0.325 e. The van der Waals surface area contributed by atoms with E-state index in [-0.39, 0.29) is 6.04 Å². The van der Waals surface area contributed by atoms with Crippen LogP contribution in [0, 0.1) is 0 Å². The van der Waals surface area contributed by atoms with Crippen molar-refractivity contribution in [3.63, 3.8) is 0 Å². The molecule has 0 spiro atoms. The van der Waals surface area contributed by atoms with Crippen LogP contribution in [0.25, 0.3) is 10.1 Å². The number of aliphatic carboxylic acids is 1. The Morgan fingerprint density at radius 2 is 2.06 bits per heavy atom. The summed E-state index contributed by atoms with van der Waals surface area (Å²) in [5, 5.41) is 15.3. The summed E-state index contributed by atoms with van der Waals surface area (Å²) in [4.78, 5) is 11.3. The molecule has 2 aromatic rings. The van der Waals surface area contributed by atoms with Gasteiger partial charge in [0, 0.05) is 10.7 Å². The molecule has 4 heteroatoms. The summed E-state index contributed by atoms with van der Waals surface area (Å²) in [7, 11) is 0. The van der Waals surface area contributed by atoms with Crippen LogP contribution in [0.4, 0.5) is 0 Å². The van der Waals surface area contributed by atoms with Crippen molar-refractivity contribution < 1.29 is 9.90 Å². The molecule has 1 atom stereocenters. The molecule has 1 aromatic heterocycles. The molecule has 0 aliphatic carbocycles. The van der Waals surface area contributed by atoms with E-state index in [1.54, 1.807) is 11.3 Å². The van der Waals surface area contributed by atoms with Crippen molar-refractivity contribution in [2.75, 3.05) is 0 Å². The lowest BCUT2D eigenvalue weighted by molar-refractivity contribution is -0.139. The summed E-state index contributed by atoms with van der Waals surface area (Å²) in [5.74, 6) is -0.831. The molecule has 1 heterocycles. The third kappa shape index (κ3) is 2.48. The average molecular weight is 249 g/mol. The van der Waals surface area contributed by atoms with Gasteiger partial charge in [-0.25, -0.2) is 0 Å². The van der Waals surface area contributed by atoms with E-state index < -0.39 is 12.0 Å². The number of fused-ring (bicyclic) bond motifs is 1. The van der Waals surface area contributed by atoms with Crippen molar-refractivity contribution in [2.45, 2.75) is 25.9 Å². The van der Waals surface area contributed by atoms with E-state index in [2.05, 4.69) is 5.32 Å². The molecule has 0 fully saturated rings. The lowest BCUT2D eigenvalue weighted by Gasteiger charge is -2.16. The highest BCUT2D eigenvalue weighted by Crippen LogP contribution is 2.30. The van der Waals surface area contributed by atoms with E-state index in [4.69, 9.17) is 0 Å². The molecule has 1 aromatic carbocycles. The van der Waals surface area contributed by atoms with Gasteiger partial charge >= 0.3 is 5.97 Å². The number of benzene rings is 1. The lowest BCUT2D eigenvalue weighted by atomic mass is 10.1. The number of carboxylic acid groups (broad SMARTS) is 1. The van der Waals surface area contributed by atoms with Gasteiger partial charge in [-0.2, -0.15) is 0 Å². The predicted octanol–water partition coefficient (Wildman–Crippen LogP) is 3.03. The zero-order valence-corrected chi connectivity index (χ0v) is 10.6. The minimum absolute atomic E-state index is 0.134. The number of carbonyl (C=O) groups is 1. The van der Waals surface area contributed by atoms with Crippen LogP contribution in [0.2, 0.25) is 0 Å². The Morgan fingerprint density at radius 3 is 2.71 bits per heavy atom. The summed E-state index contributed by atoms with van der Waals surface area (Å²) in [6, 6.07) is 7.39. The van der Waals surface area contributed by atoms with Gasteiger partial charge in [0.2, 0.25) is 0 Å². The average Bonchev–Trinajstić information content (AvgIpc) is 2.69. The van der Waals surface area contributed by atoms with Crippen molar-refractivity contribution in [1.29, 1.82) is 0 Å². The van der Waals surface area contributed by atoms with Crippen molar-refractivity contribution in [3.8, 4) is 0 Å². The topological polar surface area (TPSA) is 49.3 Å². The minimum atomic E-state index is -0.831. The molecule has 1 unspecified atom stereocenters. The van der Waals surface area contributed by atoms with Gasteiger partial charge in [0.1, 0.15) is 6.04 Å². The summed E-state index contributed by atoms with van der Waals surface area (Å²) in [5.41, 5.74) is 0.854. The first-order valence-corrected chi connectivity index (χ1v) is 6.42. The third-order valence-corrected chi connectivity index (χ3v) is 3.55. The van der Waals surface area contributed by atoms with Gasteiger partial charge in [-0.3, -0.25) is 10.1 Å². The predicted molar refractivity (Wildman–Crippen MR) is 70.5 cm³/mol. The number of hydrogen-bond acceptors (Lipinski definition) is 3. The summed E-state index contributed by atoms with van der Waals surface area (Å²) in [6.45, 7) is 3.90. The summed E-state index contributed by atoms with van der Waals surface area (Å²) >= 11 is 1.58. The molecule has 2 rings (SSSR count). The largest absolute Gasteiger partial charge is 0.480 e. The first kappa shape index (κ1) is 12.1. The maximum absolute atomic E-state index is 11.3. The van der Waals surface area contributed by atoms with Crippen LogP contribution in [-0.4, -0.2) is 17.1 Å². The van der Waals surface area contributed by atoms with E-state index in [0.29, 0.717) is 0 Å². The number of carboxylic acids is 1. The highest BCUT2D eigenvalue weighted by atomic mass is 32.1. The molecule has 3 nitrogen and oxygen atoms in total. The highest BCUT2D eigenvalue weighted by Gasteiger charge is 2.23. The fourth-order valence-corrected chi connectivity index (χ4v) is 2.84. The van der Waals surface area contributed by atoms with Gasteiger partial charge in [0.15, 0.2) is 0 Å². The van der Waals surface area contributed by atoms with Crippen LogP contribution in [-0.2, 0) is 4.79 Å². The van der Waals surface area contributed by atoms with Gasteiger partial charge < -0.3 is 5.11 Å². The first-order valence-electron chi connectivity index (χ1n) is 5.54. The first-order chi connectivity index (χ1) is 8.09. The number of rotatable bonds is 4. The van der Waals surface area contributed by atoms with Gasteiger partial charge in [0.25, 0.3) is 0 Å². The SMILES string of the molecule is CC(C)NC(C(=O)O)c1csc2ccccc12. The fourth-order valence-electron chi connectivity index (χ4n) is 1.85. The van der Waals surface area contributed by atoms with Gasteiger partial charge in [-0.1, -0.05) is 18.2 Å². The molecular formula is C13H15NO2S. The Hall–Kier alpha value is -1.39.